The van der Waals surface area contributed by atoms with E-state index in [9.17, 15) is 0 Å². The van der Waals surface area contributed by atoms with Gasteiger partial charge in [-0.1, -0.05) is 38.5 Å². The Morgan fingerprint density at radius 1 is 0.333 bits per heavy atom. The molecule has 0 radical (unpaired) electrons. The summed E-state index contributed by atoms with van der Waals surface area (Å²) in [5.74, 6) is 0. The molecule has 1 aliphatic carbocycles. The second-order valence-corrected chi connectivity index (χ2v) is 2.12. The quantitative estimate of drug-likeness (QED) is 0.394. The molecule has 9 heavy (non-hydrogen) atoms. The van der Waals surface area contributed by atoms with Gasteiger partial charge in [0, 0.05) is 0 Å². The van der Waals surface area contributed by atoms with Crippen molar-refractivity contribution in [2.45, 2.75) is 38.5 Å². The first-order valence-electron chi connectivity index (χ1n) is 3.00. The van der Waals surface area contributed by atoms with Crippen molar-refractivity contribution in [2.75, 3.05) is 0 Å². The monoisotopic (exact) mass is 108 g/mol. The molecular formula is C6H15Li3. The fourth-order valence-electron chi connectivity index (χ4n) is 1.06. The summed E-state index contributed by atoms with van der Waals surface area (Å²) in [6.07, 6.45) is 9.00. The molecule has 0 aromatic rings. The van der Waals surface area contributed by atoms with Gasteiger partial charge in [0.1, 0.15) is 0 Å². The first-order chi connectivity index (χ1) is 3.00. The summed E-state index contributed by atoms with van der Waals surface area (Å²) in [5.41, 5.74) is 0. The van der Waals surface area contributed by atoms with Gasteiger partial charge in [-0.25, -0.2) is 0 Å². The summed E-state index contributed by atoms with van der Waals surface area (Å²) in [5, 5.41) is 0. The molecule has 0 heterocycles. The van der Waals surface area contributed by atoms with Gasteiger partial charge < -0.3 is 0 Å². The summed E-state index contributed by atoms with van der Waals surface area (Å²) in [4.78, 5) is 0. The molecule has 0 bridgehead atoms. The van der Waals surface area contributed by atoms with Crippen LogP contribution < -0.4 is 0 Å². The van der Waals surface area contributed by atoms with Crippen molar-refractivity contribution in [3.05, 3.63) is 0 Å². The van der Waals surface area contributed by atoms with E-state index >= 15 is 0 Å². The summed E-state index contributed by atoms with van der Waals surface area (Å²) in [7, 11) is 0. The Morgan fingerprint density at radius 3 is 0.556 bits per heavy atom. The standard InChI is InChI=1S/C6H12.3Li.3H/c1-2-4-6-5-3-1;;;;;;/h1-6H2;;;;;;. The van der Waals surface area contributed by atoms with Gasteiger partial charge in [-0.15, -0.1) is 0 Å². The van der Waals surface area contributed by atoms with Crippen LogP contribution in [0.4, 0.5) is 0 Å². The topological polar surface area (TPSA) is 0 Å². The minimum atomic E-state index is 0. The van der Waals surface area contributed by atoms with E-state index in [0.717, 1.165) is 0 Å². The molecule has 0 saturated heterocycles. The molecule has 3 heteroatoms. The molecular weight excluding hydrogens is 92.9 g/mol. The summed E-state index contributed by atoms with van der Waals surface area (Å²) in [6.45, 7) is 0. The van der Waals surface area contributed by atoms with Crippen LogP contribution >= 0.6 is 0 Å². The Hall–Kier alpha value is 1.79. The Kier molecular flexibility index (Phi) is 23.6. The zero-order valence-electron chi connectivity index (χ0n) is 4.24. The molecule has 1 fully saturated rings. The van der Waals surface area contributed by atoms with Gasteiger partial charge in [-0.3, -0.25) is 0 Å². The normalized spacial score (nSPS) is 16.0. The second-order valence-electron chi connectivity index (χ2n) is 2.12. The van der Waals surface area contributed by atoms with Gasteiger partial charge in [-0.05, 0) is 0 Å². The molecule has 0 atom stereocenters. The van der Waals surface area contributed by atoms with Crippen LogP contribution in [0, 0.1) is 0 Å². The SMILES string of the molecule is C1CCCCC1.[LiH].[LiH].[LiH]. The Bertz CT molecular complexity index is 23.8. The zero-order valence-corrected chi connectivity index (χ0v) is 4.24. The van der Waals surface area contributed by atoms with Crippen LogP contribution in [-0.4, -0.2) is 56.6 Å². The van der Waals surface area contributed by atoms with E-state index in [0.29, 0.717) is 0 Å². The van der Waals surface area contributed by atoms with E-state index in [-0.39, 0.29) is 56.6 Å². The van der Waals surface area contributed by atoms with E-state index in [2.05, 4.69) is 0 Å². The molecule has 0 unspecified atom stereocenters. The van der Waals surface area contributed by atoms with Gasteiger partial charge in [0.2, 0.25) is 0 Å². The Morgan fingerprint density at radius 2 is 0.444 bits per heavy atom. The molecule has 0 aromatic heterocycles. The van der Waals surface area contributed by atoms with Crippen LogP contribution in [0.1, 0.15) is 38.5 Å². The van der Waals surface area contributed by atoms with E-state index < -0.39 is 0 Å². The molecule has 0 nitrogen and oxygen atoms in total. The molecule has 0 spiro atoms. The van der Waals surface area contributed by atoms with E-state index in [4.69, 9.17) is 0 Å². The third-order valence-electron chi connectivity index (χ3n) is 1.50. The second kappa shape index (κ2) is 12.5. The molecule has 1 aliphatic rings. The van der Waals surface area contributed by atoms with Gasteiger partial charge in [-0.2, -0.15) is 0 Å². The molecule has 0 aliphatic heterocycles. The Labute approximate surface area is 94.5 Å². The van der Waals surface area contributed by atoms with Crippen LogP contribution in [0.2, 0.25) is 0 Å². The predicted octanol–water partition coefficient (Wildman–Crippen LogP) is 0.395. The van der Waals surface area contributed by atoms with E-state index in [1.165, 1.54) is 38.5 Å². The van der Waals surface area contributed by atoms with Crippen LogP contribution in [0.25, 0.3) is 0 Å². The van der Waals surface area contributed by atoms with Crippen LogP contribution in [0.15, 0.2) is 0 Å². The summed E-state index contributed by atoms with van der Waals surface area (Å²) < 4.78 is 0. The number of hydrogen-bond donors (Lipinski definition) is 0. The average Bonchev–Trinajstić information content (AvgIpc) is 1.72. The minimum absolute atomic E-state index is 0. The maximum atomic E-state index is 1.50. The molecule has 1 saturated carbocycles. The molecule has 0 N–H and O–H groups in total. The average molecular weight is 108 g/mol. The van der Waals surface area contributed by atoms with Gasteiger partial charge in [0.25, 0.3) is 0 Å². The number of rotatable bonds is 0. The van der Waals surface area contributed by atoms with Gasteiger partial charge >= 0.3 is 56.6 Å². The zero-order chi connectivity index (χ0) is 4.24. The fourth-order valence-corrected chi connectivity index (χ4v) is 1.06. The first-order valence-corrected chi connectivity index (χ1v) is 3.00. The van der Waals surface area contributed by atoms with Crippen molar-refractivity contribution in [1.29, 1.82) is 0 Å². The Balaban J connectivity index is -0.000000120. The summed E-state index contributed by atoms with van der Waals surface area (Å²) in [6, 6.07) is 0. The maximum absolute atomic E-state index is 1.50. The van der Waals surface area contributed by atoms with Crippen molar-refractivity contribution in [3.8, 4) is 0 Å². The molecule has 1 rings (SSSR count). The van der Waals surface area contributed by atoms with Crippen LogP contribution in [-0.2, 0) is 0 Å². The molecule has 0 amide bonds. The van der Waals surface area contributed by atoms with Crippen LogP contribution in [0.3, 0.4) is 0 Å². The summed E-state index contributed by atoms with van der Waals surface area (Å²) >= 11 is 0. The third kappa shape index (κ3) is 9.79. The third-order valence-corrected chi connectivity index (χ3v) is 1.50. The van der Waals surface area contributed by atoms with Crippen molar-refractivity contribution in [2.24, 2.45) is 0 Å². The fraction of sp³-hybridized carbons (Fsp3) is 1.00. The van der Waals surface area contributed by atoms with Crippen molar-refractivity contribution >= 4 is 56.6 Å². The molecule has 0 aromatic carbocycles. The van der Waals surface area contributed by atoms with Gasteiger partial charge in [0.15, 0.2) is 0 Å². The van der Waals surface area contributed by atoms with Crippen LogP contribution in [0.5, 0.6) is 0 Å². The van der Waals surface area contributed by atoms with E-state index in [1.54, 1.807) is 0 Å². The predicted molar refractivity (Wildman–Crippen MR) is 49.1 cm³/mol. The van der Waals surface area contributed by atoms with Gasteiger partial charge in [0.05, 0.1) is 0 Å². The molecule has 42 valence electrons. The van der Waals surface area contributed by atoms with E-state index in [1.807, 2.05) is 0 Å². The first kappa shape index (κ1) is 17.0. The van der Waals surface area contributed by atoms with Crippen molar-refractivity contribution in [3.63, 3.8) is 0 Å². The number of hydrogen-bond acceptors (Lipinski definition) is 0. The van der Waals surface area contributed by atoms with Crippen molar-refractivity contribution < 1.29 is 0 Å². The van der Waals surface area contributed by atoms with Crippen molar-refractivity contribution in [1.82, 2.24) is 0 Å².